The van der Waals surface area contributed by atoms with Crippen molar-refractivity contribution in [2.75, 3.05) is 37.6 Å². The quantitative estimate of drug-likeness (QED) is 0.261. The van der Waals surface area contributed by atoms with Gasteiger partial charge in [0.05, 0.1) is 10.4 Å². The molecule has 3 aromatic carbocycles. The number of rotatable bonds is 8. The van der Waals surface area contributed by atoms with Gasteiger partial charge in [0.25, 0.3) is 5.91 Å². The Hall–Kier alpha value is -4.05. The number of amides is 3. The molecule has 4 aromatic rings. The Morgan fingerprint density at radius 3 is 2.33 bits per heavy atom. The molecule has 0 radical (unpaired) electrons. The van der Waals surface area contributed by atoms with E-state index in [1.807, 2.05) is 23.1 Å². The summed E-state index contributed by atoms with van der Waals surface area (Å²) < 4.78 is 5.73. The van der Waals surface area contributed by atoms with Gasteiger partial charge in [-0.15, -0.1) is 0 Å². The smallest absolute Gasteiger partial charge is 0.287 e. The fourth-order valence-corrected chi connectivity index (χ4v) is 6.66. The van der Waals surface area contributed by atoms with Gasteiger partial charge in [-0.25, -0.2) is 0 Å². The minimum absolute atomic E-state index is 0.0368. The second-order valence-electron chi connectivity index (χ2n) is 11.5. The number of fused-ring (bicyclic) bond motifs is 1. The van der Waals surface area contributed by atoms with Crippen LogP contribution in [0.5, 0.6) is 0 Å². The number of nitrogens with one attached hydrogen (secondary N) is 1. The van der Waals surface area contributed by atoms with E-state index in [1.165, 1.54) is 12.1 Å². The zero-order valence-electron chi connectivity index (χ0n) is 24.8. The molecular formula is C34H31Cl3N4O5. The standard InChI is InChI=1S/C34H31Cl3N4O5/c35-23-9-7-21(8-10-23)16-27(38-33(44)30-19-29(42)25-17-24(36)18-26(37)32(25)46-30)34(45)40-14-12-39(13-15-40)28-5-2-1-4-22(28)20-41-11-3-6-31(41)43/h1-2,4-5,7-10,17-19,27H,3,6,11-16,20H2,(H,38,44)/t27-/m1/s1. The first-order valence-electron chi connectivity index (χ1n) is 15.0. The van der Waals surface area contributed by atoms with Gasteiger partial charge in [-0.2, -0.15) is 0 Å². The van der Waals surface area contributed by atoms with Crippen molar-refractivity contribution in [2.45, 2.75) is 31.8 Å². The summed E-state index contributed by atoms with van der Waals surface area (Å²) in [5, 5.41) is 3.85. The van der Waals surface area contributed by atoms with E-state index >= 15 is 0 Å². The van der Waals surface area contributed by atoms with Crippen LogP contribution in [-0.2, 0) is 22.6 Å². The molecule has 1 atom stereocenters. The summed E-state index contributed by atoms with van der Waals surface area (Å²) in [6.07, 6.45) is 1.67. The predicted molar refractivity (Wildman–Crippen MR) is 179 cm³/mol. The highest BCUT2D eigenvalue weighted by molar-refractivity contribution is 6.38. The average molecular weight is 682 g/mol. The van der Waals surface area contributed by atoms with Crippen LogP contribution in [0.4, 0.5) is 5.69 Å². The topological polar surface area (TPSA) is 103 Å². The third-order valence-corrected chi connectivity index (χ3v) is 9.14. The van der Waals surface area contributed by atoms with Crippen LogP contribution in [-0.4, -0.2) is 66.3 Å². The van der Waals surface area contributed by atoms with E-state index < -0.39 is 17.4 Å². The summed E-state index contributed by atoms with van der Waals surface area (Å²) >= 11 is 18.4. The highest BCUT2D eigenvalue weighted by atomic mass is 35.5. The zero-order valence-corrected chi connectivity index (χ0v) is 27.1. The van der Waals surface area contributed by atoms with Gasteiger partial charge in [-0.3, -0.25) is 19.2 Å². The summed E-state index contributed by atoms with van der Waals surface area (Å²) in [6.45, 7) is 3.36. The van der Waals surface area contributed by atoms with E-state index in [9.17, 15) is 19.2 Å². The number of hydrogen-bond acceptors (Lipinski definition) is 6. The van der Waals surface area contributed by atoms with Crippen molar-refractivity contribution in [1.29, 1.82) is 0 Å². The lowest BCUT2D eigenvalue weighted by Gasteiger charge is -2.38. The van der Waals surface area contributed by atoms with Crippen molar-refractivity contribution >= 4 is 69.2 Å². The molecular weight excluding hydrogens is 651 g/mol. The minimum Gasteiger partial charge on any atom is -0.449 e. The molecule has 9 nitrogen and oxygen atoms in total. The molecule has 2 saturated heterocycles. The number of benzene rings is 3. The summed E-state index contributed by atoms with van der Waals surface area (Å²) in [6, 6.07) is 18.1. The van der Waals surface area contributed by atoms with Crippen molar-refractivity contribution in [1.82, 2.24) is 15.1 Å². The Labute approximate surface area is 280 Å². The molecule has 12 heteroatoms. The predicted octanol–water partition coefficient (Wildman–Crippen LogP) is 5.57. The van der Waals surface area contributed by atoms with Crippen molar-refractivity contribution in [3.8, 4) is 0 Å². The SMILES string of the molecule is O=C(N[C@H](Cc1ccc(Cl)cc1)C(=O)N1CCN(c2ccccc2CN2CCCC2=O)CC1)c1cc(=O)c2cc(Cl)cc(Cl)c2o1. The molecule has 238 valence electrons. The number of nitrogens with zero attached hydrogens (tertiary/aromatic N) is 3. The van der Waals surface area contributed by atoms with Gasteiger partial charge in [0.1, 0.15) is 6.04 Å². The number of hydrogen-bond donors (Lipinski definition) is 1. The fraction of sp³-hybridized carbons (Fsp3) is 0.294. The maximum absolute atomic E-state index is 14.0. The molecule has 46 heavy (non-hydrogen) atoms. The maximum atomic E-state index is 14.0. The highest BCUT2D eigenvalue weighted by Gasteiger charge is 2.31. The first kappa shape index (κ1) is 31.9. The lowest BCUT2D eigenvalue weighted by Crippen LogP contribution is -2.55. The Morgan fingerprint density at radius 1 is 0.870 bits per heavy atom. The van der Waals surface area contributed by atoms with Crippen molar-refractivity contribution in [2.24, 2.45) is 0 Å². The number of piperazine rings is 1. The van der Waals surface area contributed by atoms with Crippen LogP contribution in [0.15, 0.2) is 75.9 Å². The van der Waals surface area contributed by atoms with Crippen molar-refractivity contribution < 1.29 is 18.8 Å². The zero-order chi connectivity index (χ0) is 32.4. The van der Waals surface area contributed by atoms with Gasteiger partial charge in [-0.05, 0) is 47.9 Å². The van der Waals surface area contributed by atoms with E-state index in [1.54, 1.807) is 29.2 Å². The van der Waals surface area contributed by atoms with Crippen LogP contribution in [0.2, 0.25) is 15.1 Å². The molecule has 0 spiro atoms. The van der Waals surface area contributed by atoms with Crippen LogP contribution >= 0.6 is 34.8 Å². The van der Waals surface area contributed by atoms with Gasteiger partial charge >= 0.3 is 0 Å². The van der Waals surface area contributed by atoms with Crippen LogP contribution < -0.4 is 15.6 Å². The number of halogens is 3. The maximum Gasteiger partial charge on any atom is 0.287 e. The van der Waals surface area contributed by atoms with E-state index in [0.717, 1.165) is 35.8 Å². The Bertz CT molecular complexity index is 1850. The normalized spacial score (nSPS) is 15.8. The van der Waals surface area contributed by atoms with Crippen molar-refractivity contribution in [3.05, 3.63) is 109 Å². The number of likely N-dealkylation sites (tertiary alicyclic amines) is 1. The Balaban J connectivity index is 1.19. The molecule has 1 aromatic heterocycles. The molecule has 2 aliphatic heterocycles. The number of anilines is 1. The molecule has 0 saturated carbocycles. The minimum atomic E-state index is -0.949. The van der Waals surface area contributed by atoms with E-state index in [2.05, 4.69) is 16.3 Å². The molecule has 2 aliphatic rings. The average Bonchev–Trinajstić information content (AvgIpc) is 3.45. The summed E-state index contributed by atoms with van der Waals surface area (Å²) in [5.41, 5.74) is 2.47. The third-order valence-electron chi connectivity index (χ3n) is 8.38. The second-order valence-corrected chi connectivity index (χ2v) is 12.7. The highest BCUT2D eigenvalue weighted by Crippen LogP contribution is 2.28. The van der Waals surface area contributed by atoms with Gasteiger partial charge in [0.2, 0.25) is 11.8 Å². The van der Waals surface area contributed by atoms with Gasteiger partial charge in [0, 0.05) is 73.9 Å². The van der Waals surface area contributed by atoms with Crippen molar-refractivity contribution in [3.63, 3.8) is 0 Å². The molecule has 3 amide bonds. The van der Waals surface area contributed by atoms with Gasteiger partial charge in [0.15, 0.2) is 16.8 Å². The Morgan fingerprint density at radius 2 is 1.61 bits per heavy atom. The first-order valence-corrected chi connectivity index (χ1v) is 16.2. The van der Waals surface area contributed by atoms with Crippen LogP contribution in [0, 0.1) is 0 Å². The van der Waals surface area contributed by atoms with E-state index in [-0.39, 0.29) is 45.0 Å². The van der Waals surface area contributed by atoms with Crippen LogP contribution in [0.1, 0.15) is 34.5 Å². The Kier molecular flexibility index (Phi) is 9.54. The number of carbonyl (C=O) groups is 3. The first-order chi connectivity index (χ1) is 22.2. The molecule has 0 aliphatic carbocycles. The third kappa shape index (κ3) is 7.02. The lowest BCUT2D eigenvalue weighted by atomic mass is 10.0. The second kappa shape index (κ2) is 13.7. The summed E-state index contributed by atoms with van der Waals surface area (Å²) in [5.74, 6) is -1.07. The summed E-state index contributed by atoms with van der Waals surface area (Å²) in [7, 11) is 0. The molecule has 6 rings (SSSR count). The van der Waals surface area contributed by atoms with E-state index in [0.29, 0.717) is 44.2 Å². The number of carbonyl (C=O) groups excluding carboxylic acids is 3. The fourth-order valence-electron chi connectivity index (χ4n) is 6.00. The number of para-hydroxylation sites is 1. The lowest BCUT2D eigenvalue weighted by molar-refractivity contribution is -0.133. The molecule has 0 unspecified atom stereocenters. The van der Waals surface area contributed by atoms with Crippen LogP contribution in [0.25, 0.3) is 11.0 Å². The molecule has 2 fully saturated rings. The molecule has 0 bridgehead atoms. The molecule has 1 N–H and O–H groups in total. The largest absolute Gasteiger partial charge is 0.449 e. The van der Waals surface area contributed by atoms with Crippen LogP contribution in [0.3, 0.4) is 0 Å². The van der Waals surface area contributed by atoms with E-state index in [4.69, 9.17) is 39.2 Å². The summed E-state index contributed by atoms with van der Waals surface area (Å²) in [4.78, 5) is 58.4. The molecule has 3 heterocycles. The van der Waals surface area contributed by atoms with Gasteiger partial charge < -0.3 is 24.4 Å². The van der Waals surface area contributed by atoms with Gasteiger partial charge in [-0.1, -0.05) is 65.1 Å². The monoisotopic (exact) mass is 680 g/mol.